The van der Waals surface area contributed by atoms with E-state index in [0.717, 1.165) is 12.4 Å². The van der Waals surface area contributed by atoms with Crippen LogP contribution in [0.1, 0.15) is 27.7 Å². The molecule has 18 heavy (non-hydrogen) atoms. The molecule has 0 bridgehead atoms. The number of benzene rings is 1. The summed E-state index contributed by atoms with van der Waals surface area (Å²) in [7, 11) is 0. The van der Waals surface area contributed by atoms with Crippen molar-refractivity contribution in [3.63, 3.8) is 0 Å². The van der Waals surface area contributed by atoms with Crippen molar-refractivity contribution >= 4 is 16.6 Å². The Morgan fingerprint density at radius 1 is 1.17 bits per heavy atom. The van der Waals surface area contributed by atoms with Crippen molar-refractivity contribution in [3.05, 3.63) is 36.5 Å². The molecule has 0 fully saturated rings. The van der Waals surface area contributed by atoms with Crippen LogP contribution in [0.5, 0.6) is 0 Å². The van der Waals surface area contributed by atoms with Gasteiger partial charge in [0.15, 0.2) is 0 Å². The smallest absolute Gasteiger partial charge is 0.133 e. The monoisotopic (exact) mass is 242 g/mol. The Morgan fingerprint density at radius 2 is 1.89 bits per heavy atom. The summed E-state index contributed by atoms with van der Waals surface area (Å²) in [6, 6.07) is 10.4. The fourth-order valence-corrected chi connectivity index (χ4v) is 1.78. The van der Waals surface area contributed by atoms with E-state index in [1.807, 2.05) is 12.3 Å². The molecule has 96 valence electrons. The lowest BCUT2D eigenvalue weighted by Gasteiger charge is -2.29. The number of anilines is 1. The second kappa shape index (κ2) is 4.97. The third kappa shape index (κ3) is 2.63. The second-order valence-electron chi connectivity index (χ2n) is 5.88. The molecular weight excluding hydrogens is 220 g/mol. The number of nitrogens with one attached hydrogen (secondary N) is 1. The van der Waals surface area contributed by atoms with Crippen LogP contribution in [0.25, 0.3) is 10.8 Å². The first-order chi connectivity index (χ1) is 8.50. The summed E-state index contributed by atoms with van der Waals surface area (Å²) in [6.45, 7) is 10.0. The van der Waals surface area contributed by atoms with Gasteiger partial charge in [0, 0.05) is 18.1 Å². The van der Waals surface area contributed by atoms with Gasteiger partial charge in [-0.3, -0.25) is 0 Å². The number of hydrogen-bond donors (Lipinski definition) is 1. The molecule has 2 nitrogen and oxygen atoms in total. The predicted octanol–water partition coefficient (Wildman–Crippen LogP) is 4.33. The maximum Gasteiger partial charge on any atom is 0.133 e. The van der Waals surface area contributed by atoms with Gasteiger partial charge in [0.1, 0.15) is 5.82 Å². The number of fused-ring (bicyclic) bond motifs is 1. The van der Waals surface area contributed by atoms with E-state index in [9.17, 15) is 0 Å². The van der Waals surface area contributed by atoms with Gasteiger partial charge in [-0.15, -0.1) is 0 Å². The fourth-order valence-electron chi connectivity index (χ4n) is 1.78. The Kier molecular flexibility index (Phi) is 3.55. The third-order valence-corrected chi connectivity index (χ3v) is 3.95. The van der Waals surface area contributed by atoms with Crippen LogP contribution < -0.4 is 5.32 Å². The first-order valence-corrected chi connectivity index (χ1v) is 6.58. The van der Waals surface area contributed by atoms with Crippen LogP contribution in [0.15, 0.2) is 36.5 Å². The van der Waals surface area contributed by atoms with Gasteiger partial charge in [-0.05, 0) is 22.8 Å². The van der Waals surface area contributed by atoms with Gasteiger partial charge in [-0.2, -0.15) is 0 Å². The zero-order chi connectivity index (χ0) is 13.2. The molecule has 2 rings (SSSR count). The van der Waals surface area contributed by atoms with Gasteiger partial charge in [0.2, 0.25) is 0 Å². The Bertz CT molecular complexity index is 524. The minimum atomic E-state index is 0.263. The van der Waals surface area contributed by atoms with Gasteiger partial charge in [0.05, 0.1) is 0 Å². The third-order valence-electron chi connectivity index (χ3n) is 3.95. The van der Waals surface area contributed by atoms with Gasteiger partial charge >= 0.3 is 0 Å². The zero-order valence-electron chi connectivity index (χ0n) is 11.7. The van der Waals surface area contributed by atoms with E-state index >= 15 is 0 Å². The lowest BCUT2D eigenvalue weighted by atomic mass is 9.81. The molecule has 1 aromatic carbocycles. The molecule has 0 amide bonds. The largest absolute Gasteiger partial charge is 0.369 e. The van der Waals surface area contributed by atoms with Gasteiger partial charge in [-0.1, -0.05) is 52.0 Å². The summed E-state index contributed by atoms with van der Waals surface area (Å²) in [5, 5.41) is 5.93. The van der Waals surface area contributed by atoms with Crippen LogP contribution in [-0.2, 0) is 0 Å². The van der Waals surface area contributed by atoms with E-state index in [1.165, 1.54) is 10.8 Å². The predicted molar refractivity (Wildman–Crippen MR) is 78.9 cm³/mol. The second-order valence-corrected chi connectivity index (χ2v) is 5.88. The molecule has 1 aromatic heterocycles. The summed E-state index contributed by atoms with van der Waals surface area (Å²) >= 11 is 0. The van der Waals surface area contributed by atoms with E-state index < -0.39 is 0 Å². The van der Waals surface area contributed by atoms with Gasteiger partial charge < -0.3 is 5.32 Å². The summed E-state index contributed by atoms with van der Waals surface area (Å²) < 4.78 is 0. The lowest BCUT2D eigenvalue weighted by Crippen LogP contribution is -2.28. The Balaban J connectivity index is 2.22. The standard InChI is InChI=1S/C16H22N2/c1-12(2)16(3,4)11-18-15-14-8-6-5-7-13(14)9-10-17-15/h5-10,12H,11H2,1-4H3,(H,17,18). The van der Waals surface area contributed by atoms with E-state index in [2.05, 4.69) is 62.3 Å². The molecule has 0 unspecified atom stereocenters. The highest BCUT2D eigenvalue weighted by Gasteiger charge is 2.22. The van der Waals surface area contributed by atoms with Crippen molar-refractivity contribution in [1.29, 1.82) is 0 Å². The summed E-state index contributed by atoms with van der Waals surface area (Å²) in [6.07, 6.45) is 1.87. The highest BCUT2D eigenvalue weighted by atomic mass is 15.0. The molecule has 2 aromatic rings. The van der Waals surface area contributed by atoms with Crippen molar-refractivity contribution in [1.82, 2.24) is 4.98 Å². The highest BCUT2D eigenvalue weighted by molar-refractivity contribution is 5.91. The number of hydrogen-bond acceptors (Lipinski definition) is 2. The van der Waals surface area contributed by atoms with Crippen molar-refractivity contribution in [2.75, 3.05) is 11.9 Å². The molecule has 0 saturated heterocycles. The first-order valence-electron chi connectivity index (χ1n) is 6.58. The molecule has 0 radical (unpaired) electrons. The molecule has 0 aliphatic rings. The van der Waals surface area contributed by atoms with E-state index in [4.69, 9.17) is 0 Å². The molecule has 1 N–H and O–H groups in total. The van der Waals surface area contributed by atoms with Crippen LogP contribution in [-0.4, -0.2) is 11.5 Å². The number of aromatic nitrogens is 1. The average molecular weight is 242 g/mol. The first kappa shape index (κ1) is 12.9. The number of rotatable bonds is 4. The van der Waals surface area contributed by atoms with E-state index in [1.54, 1.807) is 0 Å². The number of pyridine rings is 1. The zero-order valence-corrected chi connectivity index (χ0v) is 11.7. The molecule has 0 spiro atoms. The maximum atomic E-state index is 4.46. The normalized spacial score (nSPS) is 12.1. The van der Waals surface area contributed by atoms with Crippen molar-refractivity contribution in [2.45, 2.75) is 27.7 Å². The summed E-state index contributed by atoms with van der Waals surface area (Å²) in [5.74, 6) is 1.63. The SMILES string of the molecule is CC(C)C(C)(C)CNc1nccc2ccccc12. The Morgan fingerprint density at radius 3 is 2.61 bits per heavy atom. The lowest BCUT2D eigenvalue weighted by molar-refractivity contribution is 0.269. The topological polar surface area (TPSA) is 24.9 Å². The van der Waals surface area contributed by atoms with Crippen LogP contribution in [0, 0.1) is 11.3 Å². The minimum absolute atomic E-state index is 0.263. The van der Waals surface area contributed by atoms with Crippen LogP contribution in [0.3, 0.4) is 0 Å². The van der Waals surface area contributed by atoms with Crippen molar-refractivity contribution < 1.29 is 0 Å². The summed E-state index contributed by atoms with van der Waals surface area (Å²) in [4.78, 5) is 4.46. The van der Waals surface area contributed by atoms with Crippen molar-refractivity contribution in [2.24, 2.45) is 11.3 Å². The average Bonchev–Trinajstić information content (AvgIpc) is 2.36. The molecule has 1 heterocycles. The van der Waals surface area contributed by atoms with Crippen LogP contribution in [0.2, 0.25) is 0 Å². The van der Waals surface area contributed by atoms with Crippen LogP contribution >= 0.6 is 0 Å². The molecule has 0 aliphatic heterocycles. The summed E-state index contributed by atoms with van der Waals surface area (Å²) in [5.41, 5.74) is 0.263. The van der Waals surface area contributed by atoms with E-state index in [-0.39, 0.29) is 5.41 Å². The molecule has 0 aliphatic carbocycles. The van der Waals surface area contributed by atoms with Gasteiger partial charge in [0.25, 0.3) is 0 Å². The van der Waals surface area contributed by atoms with Crippen molar-refractivity contribution in [3.8, 4) is 0 Å². The highest BCUT2D eigenvalue weighted by Crippen LogP contribution is 2.27. The Hall–Kier alpha value is -1.57. The number of nitrogens with zero attached hydrogens (tertiary/aromatic N) is 1. The molecular formula is C16H22N2. The maximum absolute atomic E-state index is 4.46. The quantitative estimate of drug-likeness (QED) is 0.863. The Labute approximate surface area is 109 Å². The molecule has 0 saturated carbocycles. The molecule has 0 atom stereocenters. The van der Waals surface area contributed by atoms with Crippen LogP contribution in [0.4, 0.5) is 5.82 Å². The molecule has 2 heteroatoms. The van der Waals surface area contributed by atoms with E-state index in [0.29, 0.717) is 5.92 Å². The minimum Gasteiger partial charge on any atom is -0.369 e. The van der Waals surface area contributed by atoms with Gasteiger partial charge in [-0.25, -0.2) is 4.98 Å². The fraction of sp³-hybridized carbons (Fsp3) is 0.438.